The van der Waals surface area contributed by atoms with E-state index in [1.807, 2.05) is 49.6 Å². The lowest BCUT2D eigenvalue weighted by molar-refractivity contribution is -0.139. The number of carbonyl (C=O) groups is 2. The van der Waals surface area contributed by atoms with Gasteiger partial charge in [0.15, 0.2) is 0 Å². The molecule has 1 fully saturated rings. The molecule has 6 heteroatoms. The van der Waals surface area contributed by atoms with Gasteiger partial charge in [0, 0.05) is 12.2 Å². The van der Waals surface area contributed by atoms with Crippen molar-refractivity contribution in [3.63, 3.8) is 0 Å². The first kappa shape index (κ1) is 26.3. The highest BCUT2D eigenvalue weighted by atomic mass is 32.2. The predicted octanol–water partition coefficient (Wildman–Crippen LogP) is 6.09. The minimum Gasteiger partial charge on any atom is -0.480 e. The van der Waals surface area contributed by atoms with Crippen molar-refractivity contribution in [2.24, 2.45) is 5.92 Å². The average Bonchev–Trinajstić information content (AvgIpc) is 2.85. The third-order valence-electron chi connectivity index (χ3n) is 6.64. The number of amides is 1. The van der Waals surface area contributed by atoms with Crippen molar-refractivity contribution in [2.75, 3.05) is 18.6 Å². The predicted molar refractivity (Wildman–Crippen MR) is 139 cm³/mol. The molecule has 0 aliphatic heterocycles. The number of ether oxygens (including phenoxy) is 1. The number of thioether (sulfide) groups is 1. The number of aryl methyl sites for hydroxylation is 1. The second-order valence-electron chi connectivity index (χ2n) is 9.19. The molecule has 184 valence electrons. The van der Waals surface area contributed by atoms with Gasteiger partial charge in [-0.3, -0.25) is 4.79 Å². The monoisotopic (exact) mass is 483 g/mol. The number of hydrogen-bond donors (Lipinski definition) is 2. The highest BCUT2D eigenvalue weighted by Gasteiger charge is 2.23. The number of carbonyl (C=O) groups excluding carboxylic acids is 1. The largest absolute Gasteiger partial charge is 0.480 e. The van der Waals surface area contributed by atoms with Crippen LogP contribution in [-0.4, -0.2) is 41.6 Å². The topological polar surface area (TPSA) is 75.6 Å². The summed E-state index contributed by atoms with van der Waals surface area (Å²) in [5.41, 5.74) is 4.32. The average molecular weight is 484 g/mol. The molecule has 0 bridgehead atoms. The van der Waals surface area contributed by atoms with Crippen LogP contribution in [0.15, 0.2) is 42.5 Å². The van der Waals surface area contributed by atoms with Crippen molar-refractivity contribution in [1.82, 2.24) is 5.32 Å². The molecule has 1 aliphatic carbocycles. The fraction of sp³-hybridized carbons (Fsp3) is 0.500. The van der Waals surface area contributed by atoms with Gasteiger partial charge in [0.05, 0.1) is 6.61 Å². The van der Waals surface area contributed by atoms with Crippen LogP contribution >= 0.6 is 11.8 Å². The Morgan fingerprint density at radius 2 is 1.88 bits per heavy atom. The van der Waals surface area contributed by atoms with Crippen LogP contribution in [0.5, 0.6) is 0 Å². The van der Waals surface area contributed by atoms with Crippen molar-refractivity contribution in [3.8, 4) is 11.1 Å². The lowest BCUT2D eigenvalue weighted by Crippen LogP contribution is -2.41. The van der Waals surface area contributed by atoms with E-state index in [0.29, 0.717) is 24.3 Å². The van der Waals surface area contributed by atoms with Crippen molar-refractivity contribution < 1.29 is 19.4 Å². The Balaban J connectivity index is 1.75. The zero-order valence-corrected chi connectivity index (χ0v) is 21.2. The van der Waals surface area contributed by atoms with Gasteiger partial charge in [0.2, 0.25) is 0 Å². The van der Waals surface area contributed by atoms with E-state index >= 15 is 0 Å². The number of aliphatic carboxylic acids is 1. The van der Waals surface area contributed by atoms with Crippen molar-refractivity contribution in [2.45, 2.75) is 64.5 Å². The SMILES string of the molecule is CSCCC(NC(=O)c1ccc(COCCC2CCCCC2)cc1-c1ccccc1C)C(=O)O. The highest BCUT2D eigenvalue weighted by Crippen LogP contribution is 2.29. The zero-order valence-electron chi connectivity index (χ0n) is 20.3. The molecule has 1 amide bonds. The van der Waals surface area contributed by atoms with Crippen LogP contribution in [0.4, 0.5) is 0 Å². The smallest absolute Gasteiger partial charge is 0.326 e. The third kappa shape index (κ3) is 7.60. The number of hydrogen-bond acceptors (Lipinski definition) is 4. The van der Waals surface area contributed by atoms with Gasteiger partial charge >= 0.3 is 5.97 Å². The van der Waals surface area contributed by atoms with E-state index < -0.39 is 12.0 Å². The first-order chi connectivity index (χ1) is 16.5. The summed E-state index contributed by atoms with van der Waals surface area (Å²) in [7, 11) is 0. The van der Waals surface area contributed by atoms with E-state index in [1.165, 1.54) is 32.1 Å². The van der Waals surface area contributed by atoms with Gasteiger partial charge in [-0.2, -0.15) is 11.8 Å². The van der Waals surface area contributed by atoms with Crippen LogP contribution in [0.2, 0.25) is 0 Å². The lowest BCUT2D eigenvalue weighted by atomic mass is 9.87. The number of nitrogens with one attached hydrogen (secondary N) is 1. The number of carboxylic acid groups (broad SMARTS) is 1. The Bertz CT molecular complexity index is 955. The highest BCUT2D eigenvalue weighted by molar-refractivity contribution is 7.98. The van der Waals surface area contributed by atoms with E-state index in [2.05, 4.69) is 5.32 Å². The Morgan fingerprint density at radius 1 is 1.12 bits per heavy atom. The number of carboxylic acids is 1. The summed E-state index contributed by atoms with van der Waals surface area (Å²) in [5, 5.41) is 12.3. The summed E-state index contributed by atoms with van der Waals surface area (Å²) in [6.45, 7) is 3.27. The van der Waals surface area contributed by atoms with Gasteiger partial charge in [0.1, 0.15) is 6.04 Å². The Kier molecular flexibility index (Phi) is 10.5. The molecule has 0 saturated heterocycles. The molecule has 34 heavy (non-hydrogen) atoms. The van der Waals surface area contributed by atoms with Gasteiger partial charge in [-0.05, 0) is 72.1 Å². The second-order valence-corrected chi connectivity index (χ2v) is 10.2. The molecular weight excluding hydrogens is 446 g/mol. The van der Waals surface area contributed by atoms with Crippen LogP contribution in [0, 0.1) is 12.8 Å². The molecule has 5 nitrogen and oxygen atoms in total. The third-order valence-corrected chi connectivity index (χ3v) is 7.29. The normalized spacial score (nSPS) is 15.1. The molecule has 0 heterocycles. The minimum absolute atomic E-state index is 0.364. The summed E-state index contributed by atoms with van der Waals surface area (Å²) in [6.07, 6.45) is 10.1. The van der Waals surface area contributed by atoms with Crippen LogP contribution in [0.3, 0.4) is 0 Å². The van der Waals surface area contributed by atoms with E-state index in [0.717, 1.165) is 41.2 Å². The molecule has 2 aromatic carbocycles. The summed E-state index contributed by atoms with van der Waals surface area (Å²) in [6, 6.07) is 12.7. The first-order valence-electron chi connectivity index (χ1n) is 12.3. The fourth-order valence-corrected chi connectivity index (χ4v) is 5.09. The van der Waals surface area contributed by atoms with Crippen molar-refractivity contribution >= 4 is 23.6 Å². The summed E-state index contributed by atoms with van der Waals surface area (Å²) in [5.74, 6) is 0.0777. The van der Waals surface area contributed by atoms with Gasteiger partial charge < -0.3 is 15.2 Å². The maximum absolute atomic E-state index is 13.2. The van der Waals surface area contributed by atoms with Gasteiger partial charge in [-0.25, -0.2) is 4.79 Å². The van der Waals surface area contributed by atoms with Gasteiger partial charge in [0.25, 0.3) is 5.91 Å². The van der Waals surface area contributed by atoms with E-state index in [-0.39, 0.29) is 5.91 Å². The van der Waals surface area contributed by atoms with Gasteiger partial charge in [-0.1, -0.05) is 62.4 Å². The van der Waals surface area contributed by atoms with E-state index in [1.54, 1.807) is 17.8 Å². The maximum Gasteiger partial charge on any atom is 0.326 e. The molecule has 0 radical (unpaired) electrons. The quantitative estimate of drug-likeness (QED) is 0.358. The second kappa shape index (κ2) is 13.5. The molecule has 1 aliphatic rings. The zero-order chi connectivity index (χ0) is 24.3. The molecular formula is C28H37NO4S. The maximum atomic E-state index is 13.2. The minimum atomic E-state index is -1.01. The Labute approximate surface area is 207 Å². The van der Waals surface area contributed by atoms with E-state index in [9.17, 15) is 14.7 Å². The summed E-state index contributed by atoms with van der Waals surface area (Å²) < 4.78 is 6.00. The van der Waals surface area contributed by atoms with Crippen molar-refractivity contribution in [1.29, 1.82) is 0 Å². The molecule has 0 spiro atoms. The molecule has 1 atom stereocenters. The van der Waals surface area contributed by atoms with Gasteiger partial charge in [-0.15, -0.1) is 0 Å². The lowest BCUT2D eigenvalue weighted by Gasteiger charge is -2.21. The molecule has 2 aromatic rings. The molecule has 1 saturated carbocycles. The molecule has 3 rings (SSSR count). The molecule has 1 unspecified atom stereocenters. The molecule has 0 aromatic heterocycles. The summed E-state index contributed by atoms with van der Waals surface area (Å²) in [4.78, 5) is 24.8. The van der Waals surface area contributed by atoms with E-state index in [4.69, 9.17) is 4.74 Å². The Hall–Kier alpha value is -2.31. The van der Waals surface area contributed by atoms with Crippen LogP contribution in [0.1, 0.15) is 66.4 Å². The standard InChI is InChI=1S/C28H37NO4S/c1-20-8-6-7-11-23(20)25-18-22(19-33-16-14-21-9-4-3-5-10-21)12-13-24(25)27(30)29-26(28(31)32)15-17-34-2/h6-8,11-13,18,21,26H,3-5,9-10,14-17,19H2,1-2H3,(H,29,30)(H,31,32). The van der Waals surface area contributed by atoms with Crippen LogP contribution in [-0.2, 0) is 16.1 Å². The first-order valence-corrected chi connectivity index (χ1v) is 13.7. The molecule has 2 N–H and O–H groups in total. The summed E-state index contributed by atoms with van der Waals surface area (Å²) >= 11 is 1.56. The van der Waals surface area contributed by atoms with Crippen LogP contribution in [0.25, 0.3) is 11.1 Å². The Morgan fingerprint density at radius 3 is 2.59 bits per heavy atom. The van der Waals surface area contributed by atoms with Crippen LogP contribution < -0.4 is 5.32 Å². The number of rotatable bonds is 12. The van der Waals surface area contributed by atoms with Crippen molar-refractivity contribution in [3.05, 3.63) is 59.2 Å². The number of benzene rings is 2. The fourth-order valence-electron chi connectivity index (χ4n) is 4.62.